The van der Waals surface area contributed by atoms with Crippen LogP contribution in [0.5, 0.6) is 0 Å². The lowest BCUT2D eigenvalue weighted by Gasteiger charge is -2.13. The summed E-state index contributed by atoms with van der Waals surface area (Å²) >= 11 is 1.23. The van der Waals surface area contributed by atoms with Crippen LogP contribution in [0.25, 0.3) is 11.0 Å². The van der Waals surface area contributed by atoms with Crippen LogP contribution in [0.2, 0.25) is 0 Å². The van der Waals surface area contributed by atoms with E-state index in [0.717, 1.165) is 17.7 Å². The van der Waals surface area contributed by atoms with E-state index in [0.29, 0.717) is 22.7 Å². The van der Waals surface area contributed by atoms with Crippen LogP contribution in [0, 0.1) is 0 Å². The van der Waals surface area contributed by atoms with Crippen LogP contribution in [0.3, 0.4) is 0 Å². The van der Waals surface area contributed by atoms with Gasteiger partial charge in [0.25, 0.3) is 5.56 Å². The molecule has 0 radical (unpaired) electrons. The zero-order valence-electron chi connectivity index (χ0n) is 17.1. The van der Waals surface area contributed by atoms with Gasteiger partial charge in [0.1, 0.15) is 0 Å². The van der Waals surface area contributed by atoms with Crippen molar-refractivity contribution in [2.75, 3.05) is 11.1 Å². The Labute approximate surface area is 184 Å². The Morgan fingerprint density at radius 1 is 1.00 bits per heavy atom. The molecule has 6 nitrogen and oxygen atoms in total. The third kappa shape index (κ3) is 5.00. The van der Waals surface area contributed by atoms with Crippen LogP contribution in [-0.2, 0) is 17.8 Å². The minimum absolute atomic E-state index is 0.134. The van der Waals surface area contributed by atoms with Gasteiger partial charge >= 0.3 is 0 Å². The van der Waals surface area contributed by atoms with Crippen molar-refractivity contribution in [2.45, 2.75) is 25.0 Å². The number of thioether (sulfide) groups is 1. The number of rotatable bonds is 7. The number of amides is 1. The fourth-order valence-electron chi connectivity index (χ4n) is 3.20. The van der Waals surface area contributed by atoms with Crippen molar-refractivity contribution in [1.29, 1.82) is 0 Å². The average molecular weight is 431 g/mol. The standard InChI is InChI=1S/C24H22N4O2S/c1-2-17-10-12-19(13-11-17)26-21(29)16-31-24-27-22-20(9-6-14-25-22)23(30)28(24)15-18-7-4-3-5-8-18/h3-14H,2,15-16H2,1H3,(H,26,29). The number of carbonyl (C=O) groups is 1. The second-order valence-electron chi connectivity index (χ2n) is 7.03. The van der Waals surface area contributed by atoms with Gasteiger partial charge in [-0.3, -0.25) is 14.2 Å². The summed E-state index contributed by atoms with van der Waals surface area (Å²) in [5.74, 6) is -0.0226. The van der Waals surface area contributed by atoms with E-state index >= 15 is 0 Å². The number of aromatic nitrogens is 3. The molecule has 0 fully saturated rings. The third-order valence-electron chi connectivity index (χ3n) is 4.86. The molecule has 2 aromatic carbocycles. The van der Waals surface area contributed by atoms with Crippen molar-refractivity contribution in [1.82, 2.24) is 14.5 Å². The Balaban J connectivity index is 1.57. The summed E-state index contributed by atoms with van der Waals surface area (Å²) in [6, 6.07) is 20.9. The third-order valence-corrected chi connectivity index (χ3v) is 5.83. The van der Waals surface area contributed by atoms with Crippen molar-refractivity contribution < 1.29 is 4.79 Å². The highest BCUT2D eigenvalue weighted by atomic mass is 32.2. The highest BCUT2D eigenvalue weighted by molar-refractivity contribution is 7.99. The number of anilines is 1. The fraction of sp³-hybridized carbons (Fsp3) is 0.167. The predicted octanol–water partition coefficient (Wildman–Crippen LogP) is 4.13. The van der Waals surface area contributed by atoms with Crippen molar-refractivity contribution >= 4 is 34.4 Å². The van der Waals surface area contributed by atoms with Gasteiger partial charge in [0.2, 0.25) is 5.91 Å². The van der Waals surface area contributed by atoms with Gasteiger partial charge in [0, 0.05) is 11.9 Å². The first-order chi connectivity index (χ1) is 15.1. The van der Waals surface area contributed by atoms with Gasteiger partial charge in [-0.1, -0.05) is 61.2 Å². The number of aryl methyl sites for hydroxylation is 1. The molecule has 156 valence electrons. The maximum atomic E-state index is 13.1. The first-order valence-electron chi connectivity index (χ1n) is 10.0. The SMILES string of the molecule is CCc1ccc(NC(=O)CSc2nc3ncccc3c(=O)n2Cc2ccccc2)cc1. The number of hydrogen-bond acceptors (Lipinski definition) is 5. The molecular formula is C24H22N4O2S. The minimum atomic E-state index is -0.167. The summed E-state index contributed by atoms with van der Waals surface area (Å²) in [5, 5.41) is 3.82. The molecule has 4 aromatic rings. The van der Waals surface area contributed by atoms with Crippen LogP contribution < -0.4 is 10.9 Å². The molecule has 0 aliphatic heterocycles. The zero-order chi connectivity index (χ0) is 21.6. The number of hydrogen-bond donors (Lipinski definition) is 1. The van der Waals surface area contributed by atoms with E-state index < -0.39 is 0 Å². The lowest BCUT2D eigenvalue weighted by Crippen LogP contribution is -2.25. The Bertz CT molecular complexity index is 1250. The highest BCUT2D eigenvalue weighted by Crippen LogP contribution is 2.19. The Morgan fingerprint density at radius 2 is 1.77 bits per heavy atom. The second-order valence-corrected chi connectivity index (χ2v) is 7.98. The molecule has 2 heterocycles. The lowest BCUT2D eigenvalue weighted by atomic mass is 10.1. The largest absolute Gasteiger partial charge is 0.325 e. The van der Waals surface area contributed by atoms with E-state index in [9.17, 15) is 9.59 Å². The molecule has 0 saturated heterocycles. The molecular weight excluding hydrogens is 408 g/mol. The molecule has 0 saturated carbocycles. The molecule has 0 unspecified atom stereocenters. The number of fused-ring (bicyclic) bond motifs is 1. The van der Waals surface area contributed by atoms with E-state index in [1.165, 1.54) is 17.3 Å². The van der Waals surface area contributed by atoms with Crippen molar-refractivity contribution in [3.8, 4) is 0 Å². The topological polar surface area (TPSA) is 76.9 Å². The maximum Gasteiger partial charge on any atom is 0.263 e. The summed E-state index contributed by atoms with van der Waals surface area (Å²) in [6.07, 6.45) is 2.56. The molecule has 1 amide bonds. The summed E-state index contributed by atoms with van der Waals surface area (Å²) in [6.45, 7) is 2.46. The zero-order valence-corrected chi connectivity index (χ0v) is 17.9. The minimum Gasteiger partial charge on any atom is -0.325 e. The van der Waals surface area contributed by atoms with Gasteiger partial charge in [-0.05, 0) is 41.8 Å². The average Bonchev–Trinajstić information content (AvgIpc) is 2.81. The van der Waals surface area contributed by atoms with E-state index in [1.807, 2.05) is 54.6 Å². The van der Waals surface area contributed by atoms with Gasteiger partial charge in [0.15, 0.2) is 10.8 Å². The van der Waals surface area contributed by atoms with E-state index in [1.54, 1.807) is 22.9 Å². The summed E-state index contributed by atoms with van der Waals surface area (Å²) in [7, 11) is 0. The fourth-order valence-corrected chi connectivity index (χ4v) is 3.99. The van der Waals surface area contributed by atoms with E-state index in [2.05, 4.69) is 22.2 Å². The number of pyridine rings is 1. The van der Waals surface area contributed by atoms with E-state index in [-0.39, 0.29) is 17.2 Å². The normalized spacial score (nSPS) is 10.9. The van der Waals surface area contributed by atoms with Gasteiger partial charge in [-0.25, -0.2) is 9.97 Å². The molecule has 0 bridgehead atoms. The van der Waals surface area contributed by atoms with Crippen LogP contribution in [-0.4, -0.2) is 26.2 Å². The van der Waals surface area contributed by atoms with Crippen LogP contribution >= 0.6 is 11.8 Å². The van der Waals surface area contributed by atoms with Gasteiger partial charge in [0.05, 0.1) is 17.7 Å². The predicted molar refractivity (Wildman–Crippen MR) is 125 cm³/mol. The molecule has 7 heteroatoms. The number of nitrogens with one attached hydrogen (secondary N) is 1. The monoisotopic (exact) mass is 430 g/mol. The van der Waals surface area contributed by atoms with Crippen molar-refractivity contribution in [3.63, 3.8) is 0 Å². The highest BCUT2D eigenvalue weighted by Gasteiger charge is 2.14. The first kappa shape index (κ1) is 20.8. The summed E-state index contributed by atoms with van der Waals surface area (Å²) in [5.41, 5.74) is 3.16. The molecule has 4 rings (SSSR count). The maximum absolute atomic E-state index is 13.1. The number of benzene rings is 2. The van der Waals surface area contributed by atoms with Gasteiger partial charge in [-0.2, -0.15) is 0 Å². The van der Waals surface area contributed by atoms with Crippen molar-refractivity contribution in [3.05, 3.63) is 94.4 Å². The van der Waals surface area contributed by atoms with Crippen LogP contribution in [0.4, 0.5) is 5.69 Å². The molecule has 0 spiro atoms. The van der Waals surface area contributed by atoms with Crippen LogP contribution in [0.15, 0.2) is 82.9 Å². The molecule has 0 aliphatic rings. The molecule has 1 N–H and O–H groups in total. The number of carbonyl (C=O) groups excluding carboxylic acids is 1. The quantitative estimate of drug-likeness (QED) is 0.352. The molecule has 0 aliphatic carbocycles. The Kier molecular flexibility index (Phi) is 6.43. The number of nitrogens with zero attached hydrogens (tertiary/aromatic N) is 3. The summed E-state index contributed by atoms with van der Waals surface area (Å²) < 4.78 is 1.60. The van der Waals surface area contributed by atoms with Gasteiger partial charge < -0.3 is 5.32 Å². The van der Waals surface area contributed by atoms with Gasteiger partial charge in [-0.15, -0.1) is 0 Å². The molecule has 2 aromatic heterocycles. The Hall–Kier alpha value is -3.45. The van der Waals surface area contributed by atoms with Crippen LogP contribution in [0.1, 0.15) is 18.1 Å². The van der Waals surface area contributed by atoms with E-state index in [4.69, 9.17) is 0 Å². The molecule has 31 heavy (non-hydrogen) atoms. The Morgan fingerprint density at radius 3 is 2.52 bits per heavy atom. The second kappa shape index (κ2) is 9.57. The summed E-state index contributed by atoms with van der Waals surface area (Å²) in [4.78, 5) is 34.4. The first-order valence-corrected chi connectivity index (χ1v) is 11.0. The smallest absolute Gasteiger partial charge is 0.263 e. The van der Waals surface area contributed by atoms with Crippen molar-refractivity contribution in [2.24, 2.45) is 0 Å². The lowest BCUT2D eigenvalue weighted by molar-refractivity contribution is -0.113. The molecule has 0 atom stereocenters.